The van der Waals surface area contributed by atoms with E-state index in [1.54, 1.807) is 4.90 Å². The van der Waals surface area contributed by atoms with Gasteiger partial charge in [-0.25, -0.2) is 4.39 Å². The molecule has 0 aromatic heterocycles. The Morgan fingerprint density at radius 3 is 2.45 bits per heavy atom. The van der Waals surface area contributed by atoms with Crippen molar-refractivity contribution in [2.24, 2.45) is 0 Å². The van der Waals surface area contributed by atoms with Gasteiger partial charge >= 0.3 is 0 Å². The summed E-state index contributed by atoms with van der Waals surface area (Å²) in [6, 6.07) is 21.0. The van der Waals surface area contributed by atoms with Crippen molar-refractivity contribution >= 4 is 23.2 Å². The van der Waals surface area contributed by atoms with Gasteiger partial charge < -0.3 is 14.5 Å². The molecule has 170 valence electrons. The number of hydrogen-bond acceptors (Lipinski definition) is 3. The molecule has 0 saturated heterocycles. The fourth-order valence-electron chi connectivity index (χ4n) is 4.52. The van der Waals surface area contributed by atoms with Gasteiger partial charge in [-0.3, -0.25) is 9.59 Å². The molecule has 2 atom stereocenters. The molecule has 0 N–H and O–H groups in total. The summed E-state index contributed by atoms with van der Waals surface area (Å²) < 4.78 is 19.0. The van der Waals surface area contributed by atoms with Gasteiger partial charge in [-0.05, 0) is 55.3 Å². The third kappa shape index (κ3) is 4.21. The number of nitrogens with zero attached hydrogens (tertiary/aromatic N) is 2. The molecule has 3 aromatic rings. The number of rotatable bonds is 5. The standard InChI is InChI=1S/C27H27FN2O3/c1-4-26(31)30(20-10-6-5-7-11-20)24-16-18(2)29(23-13-9-8-12-21(23)24)27(32)19-14-15-22(28)25(17-19)33-3/h5-15,17-18,24H,4,16H2,1-3H3. The highest BCUT2D eigenvalue weighted by molar-refractivity contribution is 6.08. The molecule has 5 nitrogen and oxygen atoms in total. The molecule has 1 aliphatic heterocycles. The maximum atomic E-state index is 13.9. The Labute approximate surface area is 193 Å². The maximum Gasteiger partial charge on any atom is 0.258 e. The van der Waals surface area contributed by atoms with Crippen LogP contribution in [0, 0.1) is 5.82 Å². The van der Waals surface area contributed by atoms with Gasteiger partial charge in [0.1, 0.15) is 0 Å². The molecule has 0 saturated carbocycles. The molecule has 1 aliphatic rings. The summed E-state index contributed by atoms with van der Waals surface area (Å²) >= 11 is 0. The van der Waals surface area contributed by atoms with Crippen LogP contribution in [0.2, 0.25) is 0 Å². The fraction of sp³-hybridized carbons (Fsp3) is 0.259. The highest BCUT2D eigenvalue weighted by atomic mass is 19.1. The number of halogens is 1. The lowest BCUT2D eigenvalue weighted by atomic mass is 9.89. The summed E-state index contributed by atoms with van der Waals surface area (Å²) in [5.41, 5.74) is 2.83. The van der Waals surface area contributed by atoms with E-state index in [0.717, 1.165) is 16.9 Å². The lowest BCUT2D eigenvalue weighted by Gasteiger charge is -2.43. The predicted octanol–water partition coefficient (Wildman–Crippen LogP) is 5.76. The maximum absolute atomic E-state index is 13.9. The third-order valence-corrected chi connectivity index (χ3v) is 6.09. The molecule has 0 radical (unpaired) electrons. The van der Waals surface area contributed by atoms with E-state index < -0.39 is 5.82 Å². The number of anilines is 2. The zero-order valence-corrected chi connectivity index (χ0v) is 19.0. The van der Waals surface area contributed by atoms with Crippen molar-refractivity contribution in [1.82, 2.24) is 0 Å². The molecular formula is C27H27FN2O3. The highest BCUT2D eigenvalue weighted by Gasteiger charge is 2.38. The van der Waals surface area contributed by atoms with Gasteiger partial charge in [-0.2, -0.15) is 0 Å². The van der Waals surface area contributed by atoms with Crippen molar-refractivity contribution in [2.45, 2.75) is 38.8 Å². The summed E-state index contributed by atoms with van der Waals surface area (Å²) in [5, 5.41) is 0. The first-order chi connectivity index (χ1) is 16.0. The molecule has 0 bridgehead atoms. The van der Waals surface area contributed by atoms with E-state index >= 15 is 0 Å². The Hall–Kier alpha value is -3.67. The fourth-order valence-corrected chi connectivity index (χ4v) is 4.52. The molecule has 0 spiro atoms. The van der Waals surface area contributed by atoms with Crippen LogP contribution in [-0.4, -0.2) is 25.0 Å². The Morgan fingerprint density at radius 2 is 1.76 bits per heavy atom. The van der Waals surface area contributed by atoms with Crippen LogP contribution in [0.15, 0.2) is 72.8 Å². The Kier molecular flexibility index (Phi) is 6.45. The van der Waals surface area contributed by atoms with Crippen molar-refractivity contribution in [3.8, 4) is 5.75 Å². The Bertz CT molecular complexity index is 1170. The minimum absolute atomic E-state index is 0.0243. The second kappa shape index (κ2) is 9.45. The van der Waals surface area contributed by atoms with Crippen molar-refractivity contribution < 1.29 is 18.7 Å². The van der Waals surface area contributed by atoms with Crippen LogP contribution in [0.4, 0.5) is 15.8 Å². The topological polar surface area (TPSA) is 49.9 Å². The molecular weight excluding hydrogens is 419 g/mol. The van der Waals surface area contributed by atoms with E-state index in [1.807, 2.05) is 73.3 Å². The Morgan fingerprint density at radius 1 is 1.06 bits per heavy atom. The van der Waals surface area contributed by atoms with Crippen LogP contribution in [0.5, 0.6) is 5.75 Å². The van der Waals surface area contributed by atoms with E-state index in [1.165, 1.54) is 25.3 Å². The zero-order chi connectivity index (χ0) is 23.5. The summed E-state index contributed by atoms with van der Waals surface area (Å²) in [4.78, 5) is 30.2. The van der Waals surface area contributed by atoms with E-state index in [9.17, 15) is 14.0 Å². The number of benzene rings is 3. The summed E-state index contributed by atoms with van der Waals surface area (Å²) in [7, 11) is 1.37. The van der Waals surface area contributed by atoms with E-state index in [-0.39, 0.29) is 29.6 Å². The normalized spacial score (nSPS) is 17.3. The van der Waals surface area contributed by atoms with Crippen molar-refractivity contribution in [1.29, 1.82) is 0 Å². The number of para-hydroxylation sites is 2. The van der Waals surface area contributed by atoms with Gasteiger partial charge in [0, 0.05) is 29.4 Å². The monoisotopic (exact) mass is 446 g/mol. The predicted molar refractivity (Wildman–Crippen MR) is 127 cm³/mol. The van der Waals surface area contributed by atoms with Gasteiger partial charge in [0.05, 0.1) is 13.2 Å². The van der Waals surface area contributed by atoms with Gasteiger partial charge in [0.25, 0.3) is 5.91 Å². The molecule has 2 amide bonds. The molecule has 0 aliphatic carbocycles. The van der Waals surface area contributed by atoms with Gasteiger partial charge in [-0.15, -0.1) is 0 Å². The summed E-state index contributed by atoms with van der Waals surface area (Å²) in [6.45, 7) is 3.83. The molecule has 3 aromatic carbocycles. The van der Waals surface area contributed by atoms with Crippen LogP contribution < -0.4 is 14.5 Å². The minimum Gasteiger partial charge on any atom is -0.494 e. The van der Waals surface area contributed by atoms with Gasteiger partial charge in [0.15, 0.2) is 11.6 Å². The van der Waals surface area contributed by atoms with Crippen molar-refractivity contribution in [2.75, 3.05) is 16.9 Å². The number of methoxy groups -OCH3 is 1. The highest BCUT2D eigenvalue weighted by Crippen LogP contribution is 2.43. The summed E-state index contributed by atoms with van der Waals surface area (Å²) in [5.74, 6) is -0.700. The second-order valence-corrected chi connectivity index (χ2v) is 8.14. The van der Waals surface area contributed by atoms with Gasteiger partial charge in [0.2, 0.25) is 5.91 Å². The number of carbonyl (C=O) groups is 2. The largest absolute Gasteiger partial charge is 0.494 e. The third-order valence-electron chi connectivity index (χ3n) is 6.09. The molecule has 6 heteroatoms. The first kappa shape index (κ1) is 22.5. The van der Waals surface area contributed by atoms with Crippen LogP contribution in [0.25, 0.3) is 0 Å². The average molecular weight is 447 g/mol. The Balaban J connectivity index is 1.78. The van der Waals surface area contributed by atoms with E-state index in [4.69, 9.17) is 4.74 Å². The SMILES string of the molecule is CCC(=O)N(c1ccccc1)C1CC(C)N(C(=O)c2ccc(F)c(OC)c2)c2ccccc21. The quantitative estimate of drug-likeness (QED) is 0.501. The first-order valence-corrected chi connectivity index (χ1v) is 11.1. The van der Waals surface area contributed by atoms with Crippen LogP contribution >= 0.6 is 0 Å². The smallest absolute Gasteiger partial charge is 0.258 e. The van der Waals surface area contributed by atoms with E-state index in [0.29, 0.717) is 18.4 Å². The number of fused-ring (bicyclic) bond motifs is 1. The molecule has 33 heavy (non-hydrogen) atoms. The van der Waals surface area contributed by atoms with Crippen LogP contribution in [0.3, 0.4) is 0 Å². The summed E-state index contributed by atoms with van der Waals surface area (Å²) in [6.07, 6.45) is 0.946. The van der Waals surface area contributed by atoms with Crippen LogP contribution in [0.1, 0.15) is 48.7 Å². The lowest BCUT2D eigenvalue weighted by molar-refractivity contribution is -0.118. The zero-order valence-electron chi connectivity index (χ0n) is 19.0. The minimum atomic E-state index is -0.516. The van der Waals surface area contributed by atoms with Crippen molar-refractivity contribution in [3.05, 3.63) is 89.7 Å². The second-order valence-electron chi connectivity index (χ2n) is 8.14. The average Bonchev–Trinajstić information content (AvgIpc) is 2.84. The number of carbonyl (C=O) groups excluding carboxylic acids is 2. The molecule has 0 fully saturated rings. The number of hydrogen-bond donors (Lipinski definition) is 0. The van der Waals surface area contributed by atoms with Crippen molar-refractivity contribution in [3.63, 3.8) is 0 Å². The molecule has 4 rings (SSSR count). The molecule has 1 heterocycles. The first-order valence-electron chi connectivity index (χ1n) is 11.1. The molecule has 2 unspecified atom stereocenters. The lowest BCUT2D eigenvalue weighted by Crippen LogP contribution is -2.47. The number of amides is 2. The van der Waals surface area contributed by atoms with Crippen LogP contribution in [-0.2, 0) is 4.79 Å². The van der Waals surface area contributed by atoms with E-state index in [2.05, 4.69) is 0 Å². The van der Waals surface area contributed by atoms with Gasteiger partial charge in [-0.1, -0.05) is 43.3 Å². The number of ether oxygens (including phenoxy) is 1.